The Kier molecular flexibility index (Phi) is 5.95. The highest BCUT2D eigenvalue weighted by Gasteiger charge is 2.20. The van der Waals surface area contributed by atoms with E-state index in [1.54, 1.807) is 11.9 Å². The van der Waals surface area contributed by atoms with Crippen molar-refractivity contribution in [1.29, 1.82) is 0 Å². The van der Waals surface area contributed by atoms with Gasteiger partial charge in [0.25, 0.3) is 0 Å². The molecule has 22 heavy (non-hydrogen) atoms. The summed E-state index contributed by atoms with van der Waals surface area (Å²) in [5, 5.41) is 2.74. The molecule has 1 heterocycles. The van der Waals surface area contributed by atoms with Crippen LogP contribution in [0, 0.1) is 6.92 Å². The molecule has 5 nitrogen and oxygen atoms in total. The van der Waals surface area contributed by atoms with Crippen LogP contribution in [0.4, 0.5) is 5.69 Å². The third-order valence-corrected chi connectivity index (χ3v) is 3.82. The Morgan fingerprint density at radius 1 is 1.27 bits per heavy atom. The van der Waals surface area contributed by atoms with Crippen molar-refractivity contribution in [3.8, 4) is 0 Å². The Labute approximate surface area is 131 Å². The zero-order valence-electron chi connectivity index (χ0n) is 13.3. The number of nitrogens with zero attached hydrogens (tertiary/aromatic N) is 1. The van der Waals surface area contributed by atoms with Gasteiger partial charge in [0.15, 0.2) is 0 Å². The quantitative estimate of drug-likeness (QED) is 0.850. The number of likely N-dealkylation sites (N-methyl/N-ethyl adjacent to an activating group) is 1. The highest BCUT2D eigenvalue weighted by Crippen LogP contribution is 2.14. The first-order valence-electron chi connectivity index (χ1n) is 7.76. The van der Waals surface area contributed by atoms with Crippen molar-refractivity contribution in [2.24, 2.45) is 0 Å². The molecule has 0 aromatic heterocycles. The van der Waals surface area contributed by atoms with E-state index in [0.29, 0.717) is 12.2 Å². The van der Waals surface area contributed by atoms with Crippen molar-refractivity contribution in [3.63, 3.8) is 0 Å². The van der Waals surface area contributed by atoms with Gasteiger partial charge in [0, 0.05) is 25.9 Å². The van der Waals surface area contributed by atoms with Crippen LogP contribution < -0.4 is 5.32 Å². The lowest BCUT2D eigenvalue weighted by molar-refractivity contribution is -0.135. The minimum atomic E-state index is -0.287. The number of ether oxygens (including phenoxy) is 1. The fraction of sp³-hybridized carbons (Fsp3) is 0.529. The van der Waals surface area contributed by atoms with Gasteiger partial charge in [0.1, 0.15) is 6.42 Å². The number of anilines is 1. The summed E-state index contributed by atoms with van der Waals surface area (Å²) in [7, 11) is 1.72. The van der Waals surface area contributed by atoms with Gasteiger partial charge >= 0.3 is 0 Å². The summed E-state index contributed by atoms with van der Waals surface area (Å²) in [4.78, 5) is 25.6. The number of hydrogen-bond acceptors (Lipinski definition) is 3. The zero-order chi connectivity index (χ0) is 15.9. The molecule has 2 amide bonds. The number of benzene rings is 1. The van der Waals surface area contributed by atoms with Crippen LogP contribution in [0.1, 0.15) is 31.2 Å². The maximum absolute atomic E-state index is 12.1. The maximum Gasteiger partial charge on any atom is 0.233 e. The van der Waals surface area contributed by atoms with Gasteiger partial charge in [0.2, 0.25) is 11.8 Å². The van der Waals surface area contributed by atoms with E-state index in [9.17, 15) is 9.59 Å². The molecule has 5 heteroatoms. The molecule has 1 atom stereocenters. The molecule has 1 saturated heterocycles. The fourth-order valence-electron chi connectivity index (χ4n) is 2.47. The predicted octanol–water partition coefficient (Wildman–Crippen LogP) is 2.35. The van der Waals surface area contributed by atoms with E-state index in [-0.39, 0.29) is 24.3 Å². The van der Waals surface area contributed by atoms with Crippen LogP contribution in [0.2, 0.25) is 0 Å². The summed E-state index contributed by atoms with van der Waals surface area (Å²) < 4.78 is 5.62. The first-order valence-corrected chi connectivity index (χ1v) is 7.76. The van der Waals surface area contributed by atoms with Crippen LogP contribution in [0.15, 0.2) is 24.3 Å². The van der Waals surface area contributed by atoms with Gasteiger partial charge in [-0.1, -0.05) is 17.7 Å². The van der Waals surface area contributed by atoms with Crippen LogP contribution in [0.3, 0.4) is 0 Å². The van der Waals surface area contributed by atoms with Crippen molar-refractivity contribution in [2.45, 2.75) is 38.7 Å². The molecule has 1 N–H and O–H groups in total. The molecule has 0 aliphatic carbocycles. The number of amides is 2. The lowest BCUT2D eigenvalue weighted by Gasteiger charge is -2.27. The van der Waals surface area contributed by atoms with E-state index in [2.05, 4.69) is 5.32 Å². The lowest BCUT2D eigenvalue weighted by Crippen LogP contribution is -2.38. The predicted molar refractivity (Wildman–Crippen MR) is 85.7 cm³/mol. The van der Waals surface area contributed by atoms with Crippen LogP contribution in [0.25, 0.3) is 0 Å². The molecule has 0 bridgehead atoms. The van der Waals surface area contributed by atoms with Gasteiger partial charge in [-0.25, -0.2) is 0 Å². The second kappa shape index (κ2) is 7.94. The van der Waals surface area contributed by atoms with Crippen LogP contribution in [0.5, 0.6) is 0 Å². The molecule has 0 unspecified atom stereocenters. The normalized spacial score (nSPS) is 17.8. The Hall–Kier alpha value is -1.88. The van der Waals surface area contributed by atoms with Gasteiger partial charge in [-0.2, -0.15) is 0 Å². The highest BCUT2D eigenvalue weighted by atomic mass is 16.5. The van der Waals surface area contributed by atoms with Crippen LogP contribution in [-0.4, -0.2) is 43.0 Å². The van der Waals surface area contributed by atoms with E-state index in [1.807, 2.05) is 31.2 Å². The molecular formula is C17H24N2O3. The smallest absolute Gasteiger partial charge is 0.233 e. The molecular weight excluding hydrogens is 280 g/mol. The Morgan fingerprint density at radius 2 is 2.00 bits per heavy atom. The van der Waals surface area contributed by atoms with E-state index >= 15 is 0 Å². The second-order valence-electron chi connectivity index (χ2n) is 5.85. The van der Waals surface area contributed by atoms with E-state index in [1.165, 1.54) is 0 Å². The fourth-order valence-corrected chi connectivity index (χ4v) is 2.47. The first kappa shape index (κ1) is 16.5. The van der Waals surface area contributed by atoms with Gasteiger partial charge in [0.05, 0.1) is 6.10 Å². The van der Waals surface area contributed by atoms with Gasteiger partial charge in [-0.15, -0.1) is 0 Å². The largest absolute Gasteiger partial charge is 0.376 e. The summed E-state index contributed by atoms with van der Waals surface area (Å²) in [5.74, 6) is -0.468. The number of carbonyl (C=O) groups is 2. The molecule has 1 aromatic rings. The molecule has 2 rings (SSSR count). The van der Waals surface area contributed by atoms with Crippen molar-refractivity contribution >= 4 is 17.5 Å². The SMILES string of the molecule is Cc1ccc(NC(=O)CC(=O)N(C)C[C@@H]2CCCCO2)cc1. The number of hydrogen-bond donors (Lipinski definition) is 1. The molecule has 1 fully saturated rings. The van der Waals surface area contributed by atoms with Crippen LogP contribution >= 0.6 is 0 Å². The summed E-state index contributed by atoms with van der Waals surface area (Å²) in [6.45, 7) is 3.30. The molecule has 1 aliphatic heterocycles. The van der Waals surface area contributed by atoms with Gasteiger partial charge in [-0.3, -0.25) is 9.59 Å². The number of nitrogens with one attached hydrogen (secondary N) is 1. The van der Waals surface area contributed by atoms with Crippen LogP contribution in [-0.2, 0) is 14.3 Å². The molecule has 1 aliphatic rings. The van der Waals surface area contributed by atoms with Crippen molar-refractivity contribution in [1.82, 2.24) is 4.90 Å². The Bertz CT molecular complexity index is 507. The highest BCUT2D eigenvalue weighted by molar-refractivity contribution is 6.03. The zero-order valence-corrected chi connectivity index (χ0v) is 13.3. The van der Waals surface area contributed by atoms with Crippen molar-refractivity contribution in [2.75, 3.05) is 25.5 Å². The van der Waals surface area contributed by atoms with Gasteiger partial charge < -0.3 is 15.0 Å². The van der Waals surface area contributed by atoms with E-state index in [4.69, 9.17) is 4.74 Å². The number of carbonyl (C=O) groups excluding carboxylic acids is 2. The van der Waals surface area contributed by atoms with Crippen molar-refractivity contribution < 1.29 is 14.3 Å². The Balaban J connectivity index is 1.77. The summed E-state index contributed by atoms with van der Waals surface area (Å²) in [6, 6.07) is 7.50. The third kappa shape index (κ3) is 5.15. The standard InChI is InChI=1S/C17H24N2O3/c1-13-6-8-14(9-7-13)18-16(20)11-17(21)19(2)12-15-5-3-4-10-22-15/h6-9,15H,3-5,10-12H2,1-2H3,(H,18,20)/t15-/m0/s1. The molecule has 1 aromatic carbocycles. The summed E-state index contributed by atoms with van der Waals surface area (Å²) >= 11 is 0. The van der Waals surface area contributed by atoms with Crippen molar-refractivity contribution in [3.05, 3.63) is 29.8 Å². The average Bonchev–Trinajstić information content (AvgIpc) is 2.50. The summed E-state index contributed by atoms with van der Waals surface area (Å²) in [5.41, 5.74) is 1.84. The second-order valence-corrected chi connectivity index (χ2v) is 5.85. The Morgan fingerprint density at radius 3 is 2.64 bits per heavy atom. The first-order chi connectivity index (χ1) is 10.5. The monoisotopic (exact) mass is 304 g/mol. The minimum absolute atomic E-state index is 0.0999. The number of aryl methyl sites for hydroxylation is 1. The molecule has 0 saturated carbocycles. The average molecular weight is 304 g/mol. The molecule has 0 spiro atoms. The topological polar surface area (TPSA) is 58.6 Å². The summed E-state index contributed by atoms with van der Waals surface area (Å²) in [6.07, 6.45) is 3.17. The number of rotatable bonds is 5. The van der Waals surface area contributed by atoms with Gasteiger partial charge in [-0.05, 0) is 38.3 Å². The molecule has 120 valence electrons. The third-order valence-electron chi connectivity index (χ3n) is 3.82. The molecule has 0 radical (unpaired) electrons. The lowest BCUT2D eigenvalue weighted by atomic mass is 10.1. The minimum Gasteiger partial charge on any atom is -0.376 e. The van der Waals surface area contributed by atoms with E-state index < -0.39 is 0 Å². The maximum atomic E-state index is 12.1. The van der Waals surface area contributed by atoms with E-state index in [0.717, 1.165) is 31.4 Å².